The van der Waals surface area contributed by atoms with Gasteiger partial charge in [0.25, 0.3) is 5.91 Å². The van der Waals surface area contributed by atoms with Crippen LogP contribution in [0.1, 0.15) is 62.7 Å². The molecule has 40 heavy (non-hydrogen) atoms. The molecule has 3 N–H and O–H groups in total. The first-order valence-corrected chi connectivity index (χ1v) is 14.2. The fraction of sp³-hybridized carbons (Fsp3) is 0.567. The fourth-order valence-corrected chi connectivity index (χ4v) is 5.52. The van der Waals surface area contributed by atoms with Gasteiger partial charge in [-0.05, 0) is 87.9 Å². The van der Waals surface area contributed by atoms with Gasteiger partial charge in [0.1, 0.15) is 23.3 Å². The van der Waals surface area contributed by atoms with Crippen LogP contribution in [-0.2, 0) is 4.79 Å². The third-order valence-electron chi connectivity index (χ3n) is 8.34. The van der Waals surface area contributed by atoms with E-state index in [1.807, 2.05) is 13.8 Å². The molecule has 2 saturated heterocycles. The number of hydrogen-bond acceptors (Lipinski definition) is 6. The highest BCUT2D eigenvalue weighted by atomic mass is 19.1. The van der Waals surface area contributed by atoms with Crippen LogP contribution in [0.15, 0.2) is 36.5 Å². The largest absolute Gasteiger partial charge is 0.492 e. The van der Waals surface area contributed by atoms with E-state index in [1.54, 1.807) is 18.3 Å². The summed E-state index contributed by atoms with van der Waals surface area (Å²) in [6.07, 6.45) is 4.38. The Kier molecular flexibility index (Phi) is 9.73. The first kappa shape index (κ1) is 29.9. The molecule has 0 spiro atoms. The molecule has 2 fully saturated rings. The molecule has 2 amide bonds. The molecular formula is C30H40F2N4O4. The number of likely N-dealkylation sites (tertiary alicyclic amines) is 2. The van der Waals surface area contributed by atoms with Crippen molar-refractivity contribution in [1.82, 2.24) is 14.8 Å². The van der Waals surface area contributed by atoms with Gasteiger partial charge in [-0.15, -0.1) is 0 Å². The summed E-state index contributed by atoms with van der Waals surface area (Å²) in [7, 11) is 0. The Labute approximate surface area is 234 Å². The normalized spacial score (nSPS) is 20.9. The van der Waals surface area contributed by atoms with Crippen LogP contribution >= 0.6 is 0 Å². The van der Waals surface area contributed by atoms with Gasteiger partial charge in [-0.3, -0.25) is 14.6 Å². The van der Waals surface area contributed by atoms with E-state index in [2.05, 4.69) is 9.88 Å². The van der Waals surface area contributed by atoms with E-state index in [9.17, 15) is 19.1 Å². The zero-order chi connectivity index (χ0) is 28.9. The second-order valence-electron chi connectivity index (χ2n) is 11.1. The number of rotatable bonds is 10. The number of aliphatic hydroxyl groups excluding tert-OH is 1. The standard InChI is InChI=1S/C30H40F2N4O4/c1-3-30(32,4-2)19-35-13-11-20(12-14-35)18-40-23-7-9-26(34-16-23)24-8-5-21(15-25(24)31)29(39)36-17-22(37)6-10-27(36)28(33)38/h5,7-9,15-16,20,22,27,37H,3-4,6,10-14,17-19H2,1-2H3,(H2,33,38)/t22-,27?/m1/s1. The molecular weight excluding hydrogens is 518 g/mol. The Balaban J connectivity index is 1.32. The molecule has 8 nitrogen and oxygen atoms in total. The number of carbonyl (C=O) groups is 2. The van der Waals surface area contributed by atoms with Crippen molar-refractivity contribution in [2.75, 3.05) is 32.8 Å². The van der Waals surface area contributed by atoms with E-state index in [0.29, 0.717) is 49.8 Å². The molecule has 1 unspecified atom stereocenters. The van der Waals surface area contributed by atoms with E-state index < -0.39 is 35.4 Å². The molecule has 1 aromatic carbocycles. The summed E-state index contributed by atoms with van der Waals surface area (Å²) in [6.45, 7) is 6.51. The average Bonchev–Trinajstić information content (AvgIpc) is 2.96. The summed E-state index contributed by atoms with van der Waals surface area (Å²) >= 11 is 0. The highest BCUT2D eigenvalue weighted by Gasteiger charge is 2.35. The minimum atomic E-state index is -1.11. The number of pyridine rings is 1. The summed E-state index contributed by atoms with van der Waals surface area (Å²) in [5.41, 5.74) is 5.00. The molecule has 0 radical (unpaired) electrons. The van der Waals surface area contributed by atoms with E-state index in [4.69, 9.17) is 10.5 Å². The van der Waals surface area contributed by atoms with Gasteiger partial charge < -0.3 is 25.4 Å². The summed E-state index contributed by atoms with van der Waals surface area (Å²) in [5.74, 6) is -0.878. The van der Waals surface area contributed by atoms with Gasteiger partial charge in [-0.2, -0.15) is 0 Å². The zero-order valence-corrected chi connectivity index (χ0v) is 23.3. The number of hydrogen-bond donors (Lipinski definition) is 2. The van der Waals surface area contributed by atoms with Crippen molar-refractivity contribution >= 4 is 11.8 Å². The number of amides is 2. The lowest BCUT2D eigenvalue weighted by Crippen LogP contribution is -2.54. The molecule has 2 aliphatic rings. The number of β-amino-alcohol motifs (C(OH)–C–C–N with tert-alkyl or cyclic N) is 1. The highest BCUT2D eigenvalue weighted by molar-refractivity contribution is 5.98. The smallest absolute Gasteiger partial charge is 0.254 e. The molecule has 1 aromatic heterocycles. The van der Waals surface area contributed by atoms with Crippen molar-refractivity contribution in [3.8, 4) is 17.0 Å². The lowest BCUT2D eigenvalue weighted by Gasteiger charge is -2.36. The van der Waals surface area contributed by atoms with E-state index in [0.717, 1.165) is 32.0 Å². The number of primary amides is 1. The molecule has 4 rings (SSSR count). The Bertz CT molecular complexity index is 1170. The topological polar surface area (TPSA) is 109 Å². The summed E-state index contributed by atoms with van der Waals surface area (Å²) < 4.78 is 35.7. The minimum Gasteiger partial charge on any atom is -0.492 e. The van der Waals surface area contributed by atoms with Crippen LogP contribution in [0, 0.1) is 11.7 Å². The SMILES string of the molecule is CCC(F)(CC)CN1CCC(COc2ccc(-c3ccc(C(=O)N4C[C@H](O)CCC4C(N)=O)cc3F)nc2)CC1. The number of ether oxygens (including phenoxy) is 1. The van der Waals surface area contributed by atoms with Gasteiger partial charge in [0.05, 0.1) is 24.6 Å². The number of nitrogens with zero attached hydrogens (tertiary/aromatic N) is 3. The monoisotopic (exact) mass is 558 g/mol. The van der Waals surface area contributed by atoms with E-state index in [-0.39, 0.29) is 24.1 Å². The highest BCUT2D eigenvalue weighted by Crippen LogP contribution is 2.28. The number of carbonyl (C=O) groups excluding carboxylic acids is 2. The second-order valence-corrected chi connectivity index (χ2v) is 11.1. The van der Waals surface area contributed by atoms with Crippen molar-refractivity contribution in [2.24, 2.45) is 11.7 Å². The Morgan fingerprint density at radius 1 is 1.12 bits per heavy atom. The van der Waals surface area contributed by atoms with Gasteiger partial charge in [-0.1, -0.05) is 13.8 Å². The van der Waals surface area contributed by atoms with Crippen LogP contribution in [0.25, 0.3) is 11.3 Å². The molecule has 0 aliphatic carbocycles. The van der Waals surface area contributed by atoms with E-state index >= 15 is 4.39 Å². The molecule has 2 aliphatic heterocycles. The molecule has 10 heteroatoms. The van der Waals surface area contributed by atoms with Gasteiger partial charge in [0.2, 0.25) is 5.91 Å². The van der Waals surface area contributed by atoms with Crippen LogP contribution in [0.3, 0.4) is 0 Å². The van der Waals surface area contributed by atoms with Crippen molar-refractivity contribution in [2.45, 2.75) is 70.2 Å². The van der Waals surface area contributed by atoms with Gasteiger partial charge >= 0.3 is 0 Å². The van der Waals surface area contributed by atoms with Gasteiger partial charge in [0, 0.05) is 24.2 Å². The summed E-state index contributed by atoms with van der Waals surface area (Å²) in [5, 5.41) is 9.97. The lowest BCUT2D eigenvalue weighted by atomic mass is 9.94. The number of benzene rings is 1. The molecule has 3 heterocycles. The summed E-state index contributed by atoms with van der Waals surface area (Å²) in [6, 6.07) is 6.63. The predicted octanol–water partition coefficient (Wildman–Crippen LogP) is 3.96. The van der Waals surface area contributed by atoms with Crippen LogP contribution in [0.4, 0.5) is 8.78 Å². The second kappa shape index (κ2) is 13.0. The van der Waals surface area contributed by atoms with Crippen LogP contribution < -0.4 is 10.5 Å². The third kappa shape index (κ3) is 7.14. The molecule has 0 saturated carbocycles. The maximum Gasteiger partial charge on any atom is 0.254 e. The first-order chi connectivity index (χ1) is 19.1. The van der Waals surface area contributed by atoms with Gasteiger partial charge in [0.15, 0.2) is 0 Å². The minimum absolute atomic E-state index is 0.0338. The third-order valence-corrected chi connectivity index (χ3v) is 8.34. The lowest BCUT2D eigenvalue weighted by molar-refractivity contribution is -0.124. The number of nitrogens with two attached hydrogens (primary N) is 1. The molecule has 218 valence electrons. The van der Waals surface area contributed by atoms with Crippen LogP contribution in [0.5, 0.6) is 5.75 Å². The van der Waals surface area contributed by atoms with Crippen molar-refractivity contribution in [3.05, 3.63) is 47.9 Å². The van der Waals surface area contributed by atoms with Crippen LogP contribution in [-0.4, -0.2) is 82.3 Å². The Morgan fingerprint density at radius 2 is 1.85 bits per heavy atom. The predicted molar refractivity (Wildman–Crippen MR) is 148 cm³/mol. The van der Waals surface area contributed by atoms with Crippen molar-refractivity contribution < 1.29 is 28.2 Å². The number of aromatic nitrogens is 1. The molecule has 0 bridgehead atoms. The van der Waals surface area contributed by atoms with Crippen LogP contribution in [0.2, 0.25) is 0 Å². The first-order valence-electron chi connectivity index (χ1n) is 14.2. The number of aliphatic hydroxyl groups is 1. The molecule has 2 atom stereocenters. The fourth-order valence-electron chi connectivity index (χ4n) is 5.52. The quantitative estimate of drug-likeness (QED) is 0.457. The van der Waals surface area contributed by atoms with Crippen molar-refractivity contribution in [1.29, 1.82) is 0 Å². The summed E-state index contributed by atoms with van der Waals surface area (Å²) in [4.78, 5) is 32.6. The Morgan fingerprint density at radius 3 is 2.45 bits per heavy atom. The average molecular weight is 559 g/mol. The molecule has 2 aromatic rings. The number of piperidine rings is 2. The zero-order valence-electron chi connectivity index (χ0n) is 23.3. The Hall–Kier alpha value is -3.11. The van der Waals surface area contributed by atoms with Gasteiger partial charge in [-0.25, -0.2) is 8.78 Å². The maximum atomic E-state index is 15.1. The number of halogens is 2. The maximum absolute atomic E-state index is 15.1. The number of alkyl halides is 1. The van der Waals surface area contributed by atoms with E-state index in [1.165, 1.54) is 17.0 Å². The van der Waals surface area contributed by atoms with Crippen molar-refractivity contribution in [3.63, 3.8) is 0 Å².